The number of allylic oxidation sites excluding steroid dienone is 1. The first kappa shape index (κ1) is 10.0. The second-order valence-corrected chi connectivity index (χ2v) is 3.55. The van der Waals surface area contributed by atoms with Crippen LogP contribution in [0.2, 0.25) is 0 Å². The average Bonchev–Trinajstić information content (AvgIpc) is 1.60. The van der Waals surface area contributed by atoms with Crippen LogP contribution in [-0.2, 0) is 0 Å². The predicted molar refractivity (Wildman–Crippen MR) is 43.3 cm³/mol. The summed E-state index contributed by atoms with van der Waals surface area (Å²) in [7, 11) is 1.49. The Balaban J connectivity index is 3.87. The minimum atomic E-state index is -2.79. The second kappa shape index (κ2) is 3.43. The van der Waals surface area contributed by atoms with Crippen LogP contribution in [0.4, 0.5) is 8.78 Å². The third-order valence-electron chi connectivity index (χ3n) is 1.13. The fourth-order valence-corrected chi connectivity index (χ4v) is 0.747. The molecule has 0 bridgehead atoms. The summed E-state index contributed by atoms with van der Waals surface area (Å²) < 4.78 is 24.7. The molecule has 0 aliphatic rings. The third kappa shape index (κ3) is 3.94. The molecule has 0 N–H and O–H groups in total. The van der Waals surface area contributed by atoms with E-state index in [1.54, 1.807) is 0 Å². The van der Waals surface area contributed by atoms with Crippen LogP contribution >= 0.6 is 9.24 Å². The van der Waals surface area contributed by atoms with Crippen molar-refractivity contribution in [2.75, 3.05) is 0 Å². The molecule has 0 aliphatic heterocycles. The zero-order chi connectivity index (χ0) is 8.36. The van der Waals surface area contributed by atoms with Crippen molar-refractivity contribution in [3.8, 4) is 0 Å². The molecule has 0 rings (SSSR count). The molecule has 0 heterocycles. The summed E-state index contributed by atoms with van der Waals surface area (Å²) in [6.45, 7) is 7.08. The molecule has 0 aromatic rings. The lowest BCUT2D eigenvalue weighted by Crippen LogP contribution is -2.09. The van der Waals surface area contributed by atoms with Gasteiger partial charge >= 0.3 is 0 Å². The van der Waals surface area contributed by atoms with Gasteiger partial charge in [-0.3, -0.25) is 0 Å². The molecule has 0 fully saturated rings. The molecule has 0 nitrogen and oxygen atoms in total. The third-order valence-corrected chi connectivity index (χ3v) is 1.53. The van der Waals surface area contributed by atoms with E-state index in [1.165, 1.54) is 9.24 Å². The Morgan fingerprint density at radius 1 is 1.60 bits per heavy atom. The highest BCUT2D eigenvalue weighted by Gasteiger charge is 2.25. The monoisotopic (exact) mass is 166 g/mol. The summed E-state index contributed by atoms with van der Waals surface area (Å²) in [6.07, 6.45) is 0.385. The van der Waals surface area contributed by atoms with Crippen LogP contribution in [0.15, 0.2) is 12.2 Å². The first-order valence-corrected chi connectivity index (χ1v) is 3.76. The number of alkyl halides is 2. The minimum Gasteiger partial charge on any atom is -0.197 e. The molecular weight excluding hydrogens is 153 g/mol. The van der Waals surface area contributed by atoms with Crippen molar-refractivity contribution in [2.45, 2.75) is 25.9 Å². The predicted octanol–water partition coefficient (Wildman–Crippen LogP) is 3.06. The van der Waals surface area contributed by atoms with Gasteiger partial charge in [0.2, 0.25) is 0 Å². The average molecular weight is 166 g/mol. The van der Waals surface area contributed by atoms with Gasteiger partial charge in [0.25, 0.3) is 5.66 Å². The van der Waals surface area contributed by atoms with E-state index in [0.717, 1.165) is 0 Å². The standard InChI is InChI=1S/C7H13F2P/c1-5(2)4-6(3)7(8,9)10/h5H,3-4,10H2,1-2H3. The highest BCUT2D eigenvalue weighted by Crippen LogP contribution is 2.33. The fraction of sp³-hybridized carbons (Fsp3) is 0.714. The van der Waals surface area contributed by atoms with E-state index in [1.807, 2.05) is 13.8 Å². The number of halogens is 2. The number of rotatable bonds is 3. The molecule has 1 atom stereocenters. The van der Waals surface area contributed by atoms with Gasteiger partial charge in [-0.1, -0.05) is 29.7 Å². The van der Waals surface area contributed by atoms with Gasteiger partial charge in [0, 0.05) is 0 Å². The lowest BCUT2D eigenvalue weighted by atomic mass is 10.1. The Morgan fingerprint density at radius 2 is 2.00 bits per heavy atom. The smallest absolute Gasteiger partial charge is 0.197 e. The largest absolute Gasteiger partial charge is 0.279 e. The first-order valence-electron chi connectivity index (χ1n) is 3.19. The highest BCUT2D eigenvalue weighted by molar-refractivity contribution is 7.18. The fourth-order valence-electron chi connectivity index (χ4n) is 0.629. The molecule has 0 aromatic carbocycles. The SMILES string of the molecule is C=C(CC(C)C)C(F)(F)P. The van der Waals surface area contributed by atoms with Gasteiger partial charge in [-0.2, -0.15) is 8.78 Å². The quantitative estimate of drug-likeness (QED) is 0.446. The van der Waals surface area contributed by atoms with Crippen molar-refractivity contribution in [2.24, 2.45) is 5.92 Å². The molecule has 0 saturated carbocycles. The second-order valence-electron chi connectivity index (χ2n) is 2.82. The van der Waals surface area contributed by atoms with Crippen molar-refractivity contribution >= 4 is 9.24 Å². The molecule has 0 aromatic heterocycles. The zero-order valence-corrected chi connectivity index (χ0v) is 7.48. The molecule has 0 saturated heterocycles. The van der Waals surface area contributed by atoms with Crippen LogP contribution in [0, 0.1) is 5.92 Å². The van der Waals surface area contributed by atoms with E-state index in [2.05, 4.69) is 6.58 Å². The summed E-state index contributed by atoms with van der Waals surface area (Å²) in [5.74, 6) is 0.249. The normalized spacial score (nSPS) is 12.2. The lowest BCUT2D eigenvalue weighted by molar-refractivity contribution is 0.140. The molecule has 0 aliphatic carbocycles. The maximum atomic E-state index is 12.3. The van der Waals surface area contributed by atoms with Gasteiger partial charge in [-0.25, -0.2) is 0 Å². The van der Waals surface area contributed by atoms with Crippen LogP contribution in [0.1, 0.15) is 20.3 Å². The first-order chi connectivity index (χ1) is 4.34. The Bertz CT molecular complexity index is 124. The Morgan fingerprint density at radius 3 is 2.10 bits per heavy atom. The molecule has 0 amide bonds. The molecule has 10 heavy (non-hydrogen) atoms. The van der Waals surface area contributed by atoms with E-state index in [0.29, 0.717) is 6.42 Å². The Hall–Kier alpha value is 0.0300. The van der Waals surface area contributed by atoms with Crippen molar-refractivity contribution in [3.63, 3.8) is 0 Å². The van der Waals surface area contributed by atoms with Crippen LogP contribution in [0.25, 0.3) is 0 Å². The van der Waals surface area contributed by atoms with Gasteiger partial charge in [0.1, 0.15) is 0 Å². The van der Waals surface area contributed by atoms with E-state index in [4.69, 9.17) is 0 Å². The molecule has 3 heteroatoms. The molecule has 0 radical (unpaired) electrons. The molecule has 60 valence electrons. The summed E-state index contributed by atoms with van der Waals surface area (Å²) in [6, 6.07) is 0. The van der Waals surface area contributed by atoms with E-state index < -0.39 is 5.66 Å². The maximum absolute atomic E-state index is 12.3. The van der Waals surface area contributed by atoms with Crippen LogP contribution < -0.4 is 0 Å². The van der Waals surface area contributed by atoms with Gasteiger partial charge in [0.15, 0.2) is 0 Å². The van der Waals surface area contributed by atoms with Crippen molar-refractivity contribution in [1.29, 1.82) is 0 Å². The van der Waals surface area contributed by atoms with Gasteiger partial charge < -0.3 is 0 Å². The van der Waals surface area contributed by atoms with Gasteiger partial charge in [0.05, 0.1) is 0 Å². The summed E-state index contributed by atoms with van der Waals surface area (Å²) in [5.41, 5.74) is -2.79. The highest BCUT2D eigenvalue weighted by atomic mass is 31.0. The lowest BCUT2D eigenvalue weighted by Gasteiger charge is -2.14. The van der Waals surface area contributed by atoms with Gasteiger partial charge in [-0.05, 0) is 17.9 Å². The molecule has 1 unspecified atom stereocenters. The summed E-state index contributed by atoms with van der Waals surface area (Å²) >= 11 is 0. The summed E-state index contributed by atoms with van der Waals surface area (Å²) in [4.78, 5) is 0. The summed E-state index contributed by atoms with van der Waals surface area (Å²) in [5, 5.41) is 0. The van der Waals surface area contributed by atoms with Gasteiger partial charge in [-0.15, -0.1) is 0 Å². The zero-order valence-electron chi connectivity index (χ0n) is 6.32. The van der Waals surface area contributed by atoms with E-state index >= 15 is 0 Å². The van der Waals surface area contributed by atoms with Crippen LogP contribution in [0.5, 0.6) is 0 Å². The maximum Gasteiger partial charge on any atom is 0.279 e. The van der Waals surface area contributed by atoms with Crippen LogP contribution in [0.3, 0.4) is 0 Å². The van der Waals surface area contributed by atoms with Crippen molar-refractivity contribution in [3.05, 3.63) is 12.2 Å². The van der Waals surface area contributed by atoms with Crippen LogP contribution in [-0.4, -0.2) is 5.66 Å². The Kier molecular flexibility index (Phi) is 3.44. The number of hydrogen-bond acceptors (Lipinski definition) is 0. The van der Waals surface area contributed by atoms with E-state index in [-0.39, 0.29) is 11.5 Å². The Labute approximate surface area is 62.9 Å². The topological polar surface area (TPSA) is 0 Å². The minimum absolute atomic E-state index is 0.00694. The van der Waals surface area contributed by atoms with E-state index in [9.17, 15) is 8.78 Å². The molecule has 0 spiro atoms. The van der Waals surface area contributed by atoms with Crippen molar-refractivity contribution < 1.29 is 8.78 Å². The number of hydrogen-bond donors (Lipinski definition) is 0. The molecular formula is C7H13F2P. The van der Waals surface area contributed by atoms with Crippen molar-refractivity contribution in [1.82, 2.24) is 0 Å².